The molecule has 0 saturated carbocycles. The van der Waals surface area contributed by atoms with E-state index in [0.717, 1.165) is 0 Å². The average molecular weight is 330 g/mol. The number of hydrogen-bond donors (Lipinski definition) is 1. The Balaban J connectivity index is 0. The van der Waals surface area contributed by atoms with Gasteiger partial charge in [-0.1, -0.05) is 46.4 Å². The molecule has 0 heterocycles. The van der Waals surface area contributed by atoms with Gasteiger partial charge in [-0.15, -0.1) is 0 Å². The number of aliphatic hydroxyl groups is 1. The van der Waals surface area contributed by atoms with Crippen molar-refractivity contribution < 1.29 is 50.0 Å². The van der Waals surface area contributed by atoms with E-state index in [4.69, 9.17) is 51.5 Å². The van der Waals surface area contributed by atoms with Crippen molar-refractivity contribution >= 4 is 52.4 Å². The van der Waals surface area contributed by atoms with E-state index in [1.54, 1.807) is 0 Å². The average Bonchev–Trinajstić information content (AvgIpc) is 2.19. The van der Waals surface area contributed by atoms with Crippen molar-refractivity contribution in [3.63, 3.8) is 0 Å². The number of hydrogen-bond acceptors (Lipinski definition) is 3. The maximum Gasteiger partial charge on any atom is 1.00 e. The van der Waals surface area contributed by atoms with Gasteiger partial charge in [0.15, 0.2) is 0 Å². The van der Waals surface area contributed by atoms with E-state index in [0.29, 0.717) is 0 Å². The van der Waals surface area contributed by atoms with Gasteiger partial charge in [0.25, 0.3) is 0 Å². The van der Waals surface area contributed by atoms with Gasteiger partial charge in [0.1, 0.15) is 0 Å². The van der Waals surface area contributed by atoms with Gasteiger partial charge in [-0.2, -0.15) is 0 Å². The number of benzene rings is 1. The van der Waals surface area contributed by atoms with Crippen LogP contribution < -0.4 is 34.7 Å². The minimum absolute atomic E-state index is 0. The first-order chi connectivity index (χ1) is 6.91. The number of carbonyl (C=O) groups excluding carboxylic acids is 1. The summed E-state index contributed by atoms with van der Waals surface area (Å²) >= 11 is 22.6. The Bertz CT molecular complexity index is 438. The second-order valence-corrected chi connectivity index (χ2v) is 4.07. The van der Waals surface area contributed by atoms with Crippen LogP contribution in [-0.4, -0.2) is 16.6 Å². The van der Waals surface area contributed by atoms with Crippen molar-refractivity contribution in [2.75, 3.05) is 0 Å². The third-order valence-corrected chi connectivity index (χ3v) is 3.57. The van der Waals surface area contributed by atoms with E-state index < -0.39 is 18.1 Å². The Hall–Kier alpha value is 0.770. The van der Waals surface area contributed by atoms with E-state index in [1.807, 2.05) is 0 Å². The van der Waals surface area contributed by atoms with Crippen LogP contribution in [0, 0.1) is 0 Å². The second kappa shape index (κ2) is 8.04. The molecular weight excluding hydrogens is 325 g/mol. The fourth-order valence-corrected chi connectivity index (χ4v) is 2.07. The zero-order valence-electron chi connectivity index (χ0n) is 8.48. The minimum atomic E-state index is -1.58. The third-order valence-electron chi connectivity index (χ3n) is 1.73. The molecule has 0 bridgehead atoms. The third kappa shape index (κ3) is 3.86. The maximum atomic E-state index is 10.8. The molecule has 0 aromatic heterocycles. The number of aromatic carboxylic acids is 1. The number of halogens is 4. The topological polar surface area (TPSA) is 91.9 Å². The fourth-order valence-electron chi connectivity index (χ4n) is 1.04. The van der Waals surface area contributed by atoms with Gasteiger partial charge in [0.05, 0.1) is 32.7 Å². The van der Waals surface area contributed by atoms with Gasteiger partial charge in [-0.25, -0.2) is 0 Å². The van der Waals surface area contributed by atoms with Crippen molar-refractivity contribution in [3.05, 3.63) is 31.2 Å². The molecule has 0 atom stereocenters. The molecule has 1 aromatic carbocycles. The Morgan fingerprint density at radius 3 is 1.82 bits per heavy atom. The predicted molar refractivity (Wildman–Crippen MR) is 60.3 cm³/mol. The summed E-state index contributed by atoms with van der Waals surface area (Å²) < 4.78 is 0. The van der Waals surface area contributed by atoms with Crippen LogP contribution in [0.3, 0.4) is 0 Å². The molecule has 0 fully saturated rings. The zero-order valence-corrected chi connectivity index (χ0v) is 13.5. The number of carboxylic acids is 1. The van der Waals surface area contributed by atoms with Gasteiger partial charge in [0, 0.05) is 11.1 Å². The Labute approximate surface area is 139 Å². The zero-order chi connectivity index (χ0) is 11.7. The number of aliphatic hydroxyl groups excluding tert-OH is 1. The standard InChI is InChI=1S/C8H4Cl4O3.Na.H2O/c9-4-2(1-13)3(8(14)15)5(10)7(12)6(4)11;;/h13H,1H2,(H,14,15);;1H2/q;+1;/p-1. The van der Waals surface area contributed by atoms with E-state index >= 15 is 0 Å². The van der Waals surface area contributed by atoms with Crippen molar-refractivity contribution in [2.45, 2.75) is 6.61 Å². The molecule has 4 nitrogen and oxygen atoms in total. The molecule has 0 unspecified atom stereocenters. The van der Waals surface area contributed by atoms with Gasteiger partial charge in [-0.3, -0.25) is 0 Å². The van der Waals surface area contributed by atoms with E-state index in [9.17, 15) is 9.90 Å². The summed E-state index contributed by atoms with van der Waals surface area (Å²) in [6, 6.07) is 0. The summed E-state index contributed by atoms with van der Waals surface area (Å²) in [4.78, 5) is 10.8. The molecule has 0 aliphatic rings. The molecule has 17 heavy (non-hydrogen) atoms. The summed E-state index contributed by atoms with van der Waals surface area (Å²) in [5.41, 5.74) is -0.561. The first-order valence-electron chi connectivity index (χ1n) is 3.58. The summed E-state index contributed by atoms with van der Waals surface area (Å²) in [6.45, 7) is -0.626. The molecule has 1 aromatic rings. The van der Waals surface area contributed by atoms with Crippen molar-refractivity contribution in [2.24, 2.45) is 0 Å². The molecule has 0 saturated heterocycles. The van der Waals surface area contributed by atoms with Crippen LogP contribution in [0.25, 0.3) is 0 Å². The van der Waals surface area contributed by atoms with Crippen LogP contribution in [0.4, 0.5) is 0 Å². The van der Waals surface area contributed by atoms with Gasteiger partial charge < -0.3 is 20.5 Å². The van der Waals surface area contributed by atoms with Crippen LogP contribution in [0.15, 0.2) is 0 Å². The van der Waals surface area contributed by atoms with Crippen molar-refractivity contribution in [1.29, 1.82) is 0 Å². The van der Waals surface area contributed by atoms with Gasteiger partial charge in [-0.05, 0) is 0 Å². The van der Waals surface area contributed by atoms with Crippen molar-refractivity contribution in [1.82, 2.24) is 0 Å². The molecule has 0 radical (unpaired) electrons. The van der Waals surface area contributed by atoms with Gasteiger partial charge in [0.2, 0.25) is 0 Å². The van der Waals surface area contributed by atoms with E-state index in [1.165, 1.54) is 0 Å². The summed E-state index contributed by atoms with van der Waals surface area (Å²) in [6.07, 6.45) is 0. The first kappa shape index (κ1) is 20.1. The monoisotopic (exact) mass is 328 g/mol. The van der Waals surface area contributed by atoms with Crippen LogP contribution in [0.1, 0.15) is 15.9 Å². The quantitative estimate of drug-likeness (QED) is 0.400. The molecule has 3 N–H and O–H groups in total. The van der Waals surface area contributed by atoms with Crippen LogP contribution in [-0.2, 0) is 6.61 Å². The largest absolute Gasteiger partial charge is 1.00 e. The van der Waals surface area contributed by atoms with Crippen LogP contribution in [0.2, 0.25) is 20.1 Å². The van der Waals surface area contributed by atoms with E-state index in [2.05, 4.69) is 0 Å². The molecule has 0 aliphatic heterocycles. The molecule has 0 amide bonds. The molecule has 90 valence electrons. The van der Waals surface area contributed by atoms with E-state index in [-0.39, 0.29) is 60.7 Å². The first-order valence-corrected chi connectivity index (χ1v) is 5.10. The Morgan fingerprint density at radius 2 is 1.47 bits per heavy atom. The molecule has 9 heteroatoms. The number of carboxylic acid groups (broad SMARTS) is 1. The smallest absolute Gasteiger partial charge is 0.545 e. The van der Waals surface area contributed by atoms with Gasteiger partial charge >= 0.3 is 29.6 Å². The Kier molecular flexibility index (Phi) is 9.51. The van der Waals surface area contributed by atoms with Crippen molar-refractivity contribution in [3.8, 4) is 0 Å². The fraction of sp³-hybridized carbons (Fsp3) is 0.125. The number of rotatable bonds is 2. The SMILES string of the molecule is O.O=C([O-])c1c(Cl)c(Cl)c(Cl)c(Cl)c1CO.[Na+]. The molecular formula is C8H5Cl4NaO4. The summed E-state index contributed by atoms with van der Waals surface area (Å²) in [7, 11) is 0. The van der Waals surface area contributed by atoms with Crippen LogP contribution >= 0.6 is 46.4 Å². The molecule has 0 aliphatic carbocycles. The predicted octanol–water partition coefficient (Wildman–Crippen LogP) is -1.66. The Morgan fingerprint density at radius 1 is 1.06 bits per heavy atom. The van der Waals surface area contributed by atoms with Crippen LogP contribution in [0.5, 0.6) is 0 Å². The number of carbonyl (C=O) groups is 1. The summed E-state index contributed by atoms with van der Waals surface area (Å²) in [5.74, 6) is -1.58. The molecule has 0 spiro atoms. The normalized spacial score (nSPS) is 9.24. The second-order valence-electron chi connectivity index (χ2n) is 2.56. The minimum Gasteiger partial charge on any atom is -0.545 e. The summed E-state index contributed by atoms with van der Waals surface area (Å²) in [5, 5.41) is 19.0. The maximum absolute atomic E-state index is 10.8. The molecule has 1 rings (SSSR count).